The van der Waals surface area contributed by atoms with Crippen molar-refractivity contribution in [3.05, 3.63) is 59.4 Å². The molecule has 116 valence electrons. The first-order chi connectivity index (χ1) is 11.1. The number of phenolic OH excluding ortho intramolecular Hbond substituents is 1. The first-order valence-electron chi connectivity index (χ1n) is 7.03. The van der Waals surface area contributed by atoms with Crippen LogP contribution in [0.4, 0.5) is 0 Å². The molecule has 3 N–H and O–H groups in total. The number of para-hydroxylation sites is 2. The highest BCUT2D eigenvalue weighted by Gasteiger charge is 2.16. The molecule has 0 aliphatic heterocycles. The number of hydrogen-bond donors (Lipinski definition) is 2. The number of phenols is 1. The maximum atomic E-state index is 9.73. The van der Waals surface area contributed by atoms with Gasteiger partial charge in [-0.1, -0.05) is 12.1 Å². The standard InChI is InChI=1S/C17H16N4O2/c1-10-16(20-13-6-4-3-5-12(13)19-10)17(21-18)11-7-8-14(22)15(9-11)23-2/h3-9,22H,18H2,1-2H3/b21-17+. The van der Waals surface area contributed by atoms with Gasteiger partial charge in [0.25, 0.3) is 0 Å². The van der Waals surface area contributed by atoms with Crippen LogP contribution in [0, 0.1) is 6.92 Å². The van der Waals surface area contributed by atoms with Crippen molar-refractivity contribution < 1.29 is 9.84 Å². The Kier molecular flexibility index (Phi) is 3.80. The molecule has 2 aromatic carbocycles. The monoisotopic (exact) mass is 308 g/mol. The second-order valence-electron chi connectivity index (χ2n) is 5.01. The van der Waals surface area contributed by atoms with Crippen molar-refractivity contribution in [1.82, 2.24) is 9.97 Å². The molecular weight excluding hydrogens is 292 g/mol. The van der Waals surface area contributed by atoms with Gasteiger partial charge in [-0.05, 0) is 37.3 Å². The number of nitrogens with zero attached hydrogens (tertiary/aromatic N) is 3. The SMILES string of the molecule is COc1cc(/C(=N\N)c2nc3ccccc3nc2C)ccc1O. The molecule has 1 aromatic heterocycles. The van der Waals surface area contributed by atoms with Crippen molar-refractivity contribution in [2.75, 3.05) is 7.11 Å². The van der Waals surface area contributed by atoms with Gasteiger partial charge in [-0.25, -0.2) is 9.97 Å². The zero-order valence-corrected chi connectivity index (χ0v) is 12.8. The van der Waals surface area contributed by atoms with E-state index >= 15 is 0 Å². The lowest BCUT2D eigenvalue weighted by atomic mass is 10.0. The lowest BCUT2D eigenvalue weighted by Crippen LogP contribution is -2.12. The van der Waals surface area contributed by atoms with E-state index in [1.165, 1.54) is 13.2 Å². The Morgan fingerprint density at radius 3 is 2.48 bits per heavy atom. The van der Waals surface area contributed by atoms with Gasteiger partial charge < -0.3 is 15.7 Å². The summed E-state index contributed by atoms with van der Waals surface area (Å²) < 4.78 is 5.13. The number of hydrazone groups is 1. The summed E-state index contributed by atoms with van der Waals surface area (Å²) in [6.07, 6.45) is 0. The van der Waals surface area contributed by atoms with Gasteiger partial charge in [0.2, 0.25) is 0 Å². The first-order valence-corrected chi connectivity index (χ1v) is 7.03. The summed E-state index contributed by atoms with van der Waals surface area (Å²) in [5, 5.41) is 13.6. The van der Waals surface area contributed by atoms with Gasteiger partial charge in [0, 0.05) is 5.56 Å². The van der Waals surface area contributed by atoms with Crippen LogP contribution in [0.1, 0.15) is 17.0 Å². The normalized spacial score (nSPS) is 11.7. The topological polar surface area (TPSA) is 93.6 Å². The van der Waals surface area contributed by atoms with Crippen LogP contribution in [-0.2, 0) is 0 Å². The molecule has 0 unspecified atom stereocenters. The van der Waals surface area contributed by atoms with E-state index in [2.05, 4.69) is 15.1 Å². The van der Waals surface area contributed by atoms with E-state index in [9.17, 15) is 5.11 Å². The molecule has 0 fully saturated rings. The Labute approximate surface area is 133 Å². The van der Waals surface area contributed by atoms with E-state index in [4.69, 9.17) is 10.6 Å². The molecule has 0 spiro atoms. The predicted molar refractivity (Wildman–Crippen MR) is 88.8 cm³/mol. The van der Waals surface area contributed by atoms with Crippen molar-refractivity contribution >= 4 is 16.7 Å². The number of benzene rings is 2. The molecule has 3 aromatic rings. The van der Waals surface area contributed by atoms with E-state index < -0.39 is 0 Å². The third-order valence-electron chi connectivity index (χ3n) is 3.55. The minimum Gasteiger partial charge on any atom is -0.504 e. The number of hydrogen-bond acceptors (Lipinski definition) is 6. The highest BCUT2D eigenvalue weighted by Crippen LogP contribution is 2.27. The number of aryl methyl sites for hydroxylation is 1. The fourth-order valence-electron chi connectivity index (χ4n) is 2.41. The fourth-order valence-corrected chi connectivity index (χ4v) is 2.41. The Hall–Kier alpha value is -3.15. The molecule has 0 atom stereocenters. The summed E-state index contributed by atoms with van der Waals surface area (Å²) in [5.74, 6) is 5.99. The van der Waals surface area contributed by atoms with Gasteiger partial charge in [0.15, 0.2) is 11.5 Å². The number of aromatic hydroxyl groups is 1. The van der Waals surface area contributed by atoms with Crippen LogP contribution >= 0.6 is 0 Å². The maximum absolute atomic E-state index is 9.73. The average molecular weight is 308 g/mol. The quantitative estimate of drug-likeness (QED) is 0.440. The number of rotatable bonds is 3. The van der Waals surface area contributed by atoms with Gasteiger partial charge in [-0.15, -0.1) is 0 Å². The molecule has 0 bridgehead atoms. The van der Waals surface area contributed by atoms with Gasteiger partial charge in [0.1, 0.15) is 11.4 Å². The zero-order chi connectivity index (χ0) is 16.4. The van der Waals surface area contributed by atoms with Crippen LogP contribution in [0.3, 0.4) is 0 Å². The largest absolute Gasteiger partial charge is 0.504 e. The highest BCUT2D eigenvalue weighted by atomic mass is 16.5. The number of ether oxygens (including phenoxy) is 1. The molecule has 0 radical (unpaired) electrons. The molecule has 3 rings (SSSR count). The van der Waals surface area contributed by atoms with E-state index in [1.807, 2.05) is 31.2 Å². The molecule has 0 aliphatic carbocycles. The smallest absolute Gasteiger partial charge is 0.161 e. The Morgan fingerprint density at radius 1 is 1.13 bits per heavy atom. The van der Waals surface area contributed by atoms with Crippen molar-refractivity contribution in [3.8, 4) is 11.5 Å². The van der Waals surface area contributed by atoms with Crippen LogP contribution in [0.25, 0.3) is 11.0 Å². The Balaban J connectivity index is 2.17. The average Bonchev–Trinajstić information content (AvgIpc) is 2.57. The van der Waals surface area contributed by atoms with Crippen molar-refractivity contribution in [2.45, 2.75) is 6.92 Å². The molecule has 0 saturated carbocycles. The van der Waals surface area contributed by atoms with Crippen molar-refractivity contribution in [3.63, 3.8) is 0 Å². The lowest BCUT2D eigenvalue weighted by molar-refractivity contribution is 0.373. The second-order valence-corrected chi connectivity index (χ2v) is 5.01. The zero-order valence-electron chi connectivity index (χ0n) is 12.8. The van der Waals surface area contributed by atoms with Gasteiger partial charge in [0.05, 0.1) is 23.8 Å². The summed E-state index contributed by atoms with van der Waals surface area (Å²) in [5.41, 5.74) is 4.07. The van der Waals surface area contributed by atoms with Crippen LogP contribution in [0.5, 0.6) is 11.5 Å². The molecule has 6 nitrogen and oxygen atoms in total. The predicted octanol–water partition coefficient (Wildman–Crippen LogP) is 2.36. The molecule has 23 heavy (non-hydrogen) atoms. The van der Waals surface area contributed by atoms with Crippen molar-refractivity contribution in [1.29, 1.82) is 0 Å². The van der Waals surface area contributed by atoms with E-state index in [0.29, 0.717) is 22.7 Å². The van der Waals surface area contributed by atoms with E-state index in [0.717, 1.165) is 16.7 Å². The Bertz CT molecular complexity index is 906. The highest BCUT2D eigenvalue weighted by molar-refractivity contribution is 6.13. The first kappa shape index (κ1) is 14.8. The minimum atomic E-state index is 0.0499. The summed E-state index contributed by atoms with van der Waals surface area (Å²) in [7, 11) is 1.49. The molecule has 0 saturated heterocycles. The van der Waals surface area contributed by atoms with Gasteiger partial charge in [-0.3, -0.25) is 0 Å². The van der Waals surface area contributed by atoms with Gasteiger partial charge >= 0.3 is 0 Å². The van der Waals surface area contributed by atoms with E-state index in [-0.39, 0.29) is 5.75 Å². The third-order valence-corrected chi connectivity index (χ3v) is 3.55. The van der Waals surface area contributed by atoms with Crippen LogP contribution in [0.15, 0.2) is 47.6 Å². The second kappa shape index (κ2) is 5.92. The van der Waals surface area contributed by atoms with Gasteiger partial charge in [-0.2, -0.15) is 5.10 Å². The van der Waals surface area contributed by atoms with Crippen LogP contribution < -0.4 is 10.6 Å². The molecule has 0 aliphatic rings. The number of methoxy groups -OCH3 is 1. The third kappa shape index (κ3) is 2.66. The summed E-state index contributed by atoms with van der Waals surface area (Å²) in [6.45, 7) is 1.86. The molecule has 0 amide bonds. The van der Waals surface area contributed by atoms with Crippen LogP contribution in [0.2, 0.25) is 0 Å². The summed E-state index contributed by atoms with van der Waals surface area (Å²) in [4.78, 5) is 9.17. The number of nitrogens with two attached hydrogens (primary N) is 1. The van der Waals surface area contributed by atoms with Crippen molar-refractivity contribution in [2.24, 2.45) is 10.9 Å². The molecule has 1 heterocycles. The fraction of sp³-hybridized carbons (Fsp3) is 0.118. The minimum absolute atomic E-state index is 0.0499. The number of aromatic nitrogens is 2. The number of fused-ring (bicyclic) bond motifs is 1. The molecular formula is C17H16N4O2. The summed E-state index contributed by atoms with van der Waals surface area (Å²) >= 11 is 0. The maximum Gasteiger partial charge on any atom is 0.161 e. The molecule has 6 heteroatoms. The lowest BCUT2D eigenvalue weighted by Gasteiger charge is -2.11. The van der Waals surface area contributed by atoms with E-state index in [1.54, 1.807) is 12.1 Å². The van der Waals surface area contributed by atoms with Crippen LogP contribution in [-0.4, -0.2) is 27.9 Å². The summed E-state index contributed by atoms with van der Waals surface area (Å²) in [6, 6.07) is 12.5. The Morgan fingerprint density at radius 2 is 1.83 bits per heavy atom.